The topological polar surface area (TPSA) is 69.6 Å². The van der Waals surface area contributed by atoms with Crippen molar-refractivity contribution in [2.45, 2.75) is 38.1 Å². The van der Waals surface area contributed by atoms with Crippen molar-refractivity contribution in [2.24, 2.45) is 5.92 Å². The zero-order chi connectivity index (χ0) is 12.3. The van der Waals surface area contributed by atoms with Crippen LogP contribution in [-0.4, -0.2) is 47.6 Å². The minimum atomic E-state index is -0.193. The molecule has 0 spiro atoms. The molecule has 0 saturated carbocycles. The highest BCUT2D eigenvalue weighted by Gasteiger charge is 2.35. The van der Waals surface area contributed by atoms with Crippen LogP contribution in [0.2, 0.25) is 0 Å². The van der Waals surface area contributed by atoms with Gasteiger partial charge in [0.25, 0.3) is 0 Å². The fourth-order valence-electron chi connectivity index (χ4n) is 2.75. The largest absolute Gasteiger partial charge is 0.396 e. The van der Waals surface area contributed by atoms with Gasteiger partial charge in [0.2, 0.25) is 11.8 Å². The second kappa shape index (κ2) is 5.49. The molecule has 96 valence electrons. The maximum atomic E-state index is 12.3. The van der Waals surface area contributed by atoms with E-state index in [0.29, 0.717) is 19.4 Å². The Balaban J connectivity index is 1.98. The van der Waals surface area contributed by atoms with Gasteiger partial charge in [0.05, 0.1) is 5.92 Å². The number of nitrogens with one attached hydrogen (secondary N) is 1. The van der Waals surface area contributed by atoms with E-state index in [1.807, 2.05) is 4.90 Å². The van der Waals surface area contributed by atoms with Gasteiger partial charge in [-0.2, -0.15) is 0 Å². The zero-order valence-corrected chi connectivity index (χ0v) is 10.0. The summed E-state index contributed by atoms with van der Waals surface area (Å²) in [7, 11) is 0. The average molecular weight is 240 g/mol. The lowest BCUT2D eigenvalue weighted by molar-refractivity contribution is -0.139. The van der Waals surface area contributed by atoms with Crippen molar-refractivity contribution in [1.29, 1.82) is 0 Å². The van der Waals surface area contributed by atoms with Crippen LogP contribution in [0.4, 0.5) is 0 Å². The van der Waals surface area contributed by atoms with E-state index in [9.17, 15) is 9.59 Å². The second-order valence-electron chi connectivity index (χ2n) is 4.90. The summed E-state index contributed by atoms with van der Waals surface area (Å²) < 4.78 is 0. The third kappa shape index (κ3) is 2.77. The third-order valence-corrected chi connectivity index (χ3v) is 3.70. The first kappa shape index (κ1) is 12.4. The third-order valence-electron chi connectivity index (χ3n) is 3.70. The normalized spacial score (nSPS) is 29.2. The highest BCUT2D eigenvalue weighted by Crippen LogP contribution is 2.23. The number of hydrogen-bond acceptors (Lipinski definition) is 3. The maximum Gasteiger partial charge on any atom is 0.228 e. The van der Waals surface area contributed by atoms with Crippen molar-refractivity contribution in [1.82, 2.24) is 10.2 Å². The standard InChI is InChI=1S/C12H20N2O3/c15-6-4-10-3-1-2-5-14(10)12(17)9-7-11(16)13-8-9/h9-10,15H,1-8H2,(H,13,16). The molecule has 0 aromatic heterocycles. The Hall–Kier alpha value is -1.10. The van der Waals surface area contributed by atoms with Crippen LogP contribution in [0.3, 0.4) is 0 Å². The van der Waals surface area contributed by atoms with Crippen LogP contribution < -0.4 is 5.32 Å². The monoisotopic (exact) mass is 240 g/mol. The summed E-state index contributed by atoms with van der Waals surface area (Å²) in [5.74, 6) is -0.137. The van der Waals surface area contributed by atoms with Crippen LogP contribution in [0.15, 0.2) is 0 Å². The lowest BCUT2D eigenvalue weighted by Crippen LogP contribution is -2.47. The molecule has 0 aliphatic carbocycles. The molecule has 2 N–H and O–H groups in total. The molecule has 2 saturated heterocycles. The molecule has 2 rings (SSSR count). The number of amides is 2. The van der Waals surface area contributed by atoms with Crippen molar-refractivity contribution < 1.29 is 14.7 Å². The molecule has 0 radical (unpaired) electrons. The van der Waals surface area contributed by atoms with Crippen LogP contribution >= 0.6 is 0 Å². The van der Waals surface area contributed by atoms with Gasteiger partial charge in [-0.3, -0.25) is 9.59 Å². The molecule has 2 fully saturated rings. The number of aliphatic hydroxyl groups excluding tert-OH is 1. The van der Waals surface area contributed by atoms with Gasteiger partial charge < -0.3 is 15.3 Å². The van der Waals surface area contributed by atoms with E-state index in [4.69, 9.17) is 5.11 Å². The molecule has 2 aliphatic heterocycles. The Morgan fingerprint density at radius 2 is 2.29 bits per heavy atom. The first-order valence-corrected chi connectivity index (χ1v) is 6.40. The lowest BCUT2D eigenvalue weighted by atomic mass is 9.96. The minimum Gasteiger partial charge on any atom is -0.396 e. The van der Waals surface area contributed by atoms with Crippen LogP contribution in [-0.2, 0) is 9.59 Å². The summed E-state index contributed by atoms with van der Waals surface area (Å²) in [4.78, 5) is 25.3. The van der Waals surface area contributed by atoms with Gasteiger partial charge in [-0.05, 0) is 25.7 Å². The molecule has 17 heavy (non-hydrogen) atoms. The summed E-state index contributed by atoms with van der Waals surface area (Å²) in [5, 5.41) is 11.7. The molecular weight excluding hydrogens is 220 g/mol. The number of carbonyl (C=O) groups is 2. The number of hydrogen-bond donors (Lipinski definition) is 2. The van der Waals surface area contributed by atoms with Gasteiger partial charge in [0.1, 0.15) is 0 Å². The minimum absolute atomic E-state index is 0.0286. The van der Waals surface area contributed by atoms with Crippen molar-refractivity contribution >= 4 is 11.8 Å². The Labute approximate surface area is 101 Å². The smallest absolute Gasteiger partial charge is 0.228 e. The van der Waals surface area contributed by atoms with Crippen molar-refractivity contribution in [3.63, 3.8) is 0 Å². The molecule has 0 aromatic rings. The number of rotatable bonds is 3. The van der Waals surface area contributed by atoms with Gasteiger partial charge >= 0.3 is 0 Å². The molecule has 2 heterocycles. The summed E-state index contributed by atoms with van der Waals surface area (Å²) in [6, 6.07) is 0.164. The quantitative estimate of drug-likeness (QED) is 0.723. The molecule has 2 atom stereocenters. The lowest BCUT2D eigenvalue weighted by Gasteiger charge is -2.37. The summed E-state index contributed by atoms with van der Waals surface area (Å²) in [6.45, 7) is 1.37. The molecule has 2 aliphatic rings. The zero-order valence-electron chi connectivity index (χ0n) is 10.0. The summed E-state index contributed by atoms with van der Waals surface area (Å²) in [6.07, 6.45) is 4.10. The van der Waals surface area contributed by atoms with Gasteiger partial charge in [0.15, 0.2) is 0 Å². The van der Waals surface area contributed by atoms with Gasteiger partial charge in [-0.15, -0.1) is 0 Å². The van der Waals surface area contributed by atoms with E-state index < -0.39 is 0 Å². The highest BCUT2D eigenvalue weighted by atomic mass is 16.3. The maximum absolute atomic E-state index is 12.3. The van der Waals surface area contributed by atoms with Crippen molar-refractivity contribution in [2.75, 3.05) is 19.7 Å². The van der Waals surface area contributed by atoms with E-state index in [2.05, 4.69) is 5.32 Å². The highest BCUT2D eigenvalue weighted by molar-refractivity contribution is 5.89. The average Bonchev–Trinajstić information content (AvgIpc) is 2.76. The molecule has 5 heteroatoms. The fraction of sp³-hybridized carbons (Fsp3) is 0.833. The molecule has 0 bridgehead atoms. The Bertz CT molecular complexity index is 304. The van der Waals surface area contributed by atoms with Crippen molar-refractivity contribution in [3.8, 4) is 0 Å². The van der Waals surface area contributed by atoms with Gasteiger partial charge in [-0.25, -0.2) is 0 Å². The first-order chi connectivity index (χ1) is 8.22. The Morgan fingerprint density at radius 3 is 2.94 bits per heavy atom. The van der Waals surface area contributed by atoms with E-state index in [1.165, 1.54) is 0 Å². The van der Waals surface area contributed by atoms with Gasteiger partial charge in [0, 0.05) is 32.2 Å². The first-order valence-electron chi connectivity index (χ1n) is 6.40. The number of likely N-dealkylation sites (tertiary alicyclic amines) is 1. The van der Waals surface area contributed by atoms with E-state index >= 15 is 0 Å². The van der Waals surface area contributed by atoms with Crippen LogP contribution in [0.25, 0.3) is 0 Å². The van der Waals surface area contributed by atoms with Crippen molar-refractivity contribution in [3.05, 3.63) is 0 Å². The molecule has 5 nitrogen and oxygen atoms in total. The van der Waals surface area contributed by atoms with Crippen LogP contribution in [0, 0.1) is 5.92 Å². The number of nitrogens with zero attached hydrogens (tertiary/aromatic N) is 1. The molecule has 2 unspecified atom stereocenters. The number of piperidine rings is 1. The van der Waals surface area contributed by atoms with E-state index in [0.717, 1.165) is 25.8 Å². The van der Waals surface area contributed by atoms with Crippen LogP contribution in [0.1, 0.15) is 32.1 Å². The number of aliphatic hydroxyl groups is 1. The van der Waals surface area contributed by atoms with E-state index in [1.54, 1.807) is 0 Å². The fourth-order valence-corrected chi connectivity index (χ4v) is 2.75. The molecular formula is C12H20N2O3. The second-order valence-corrected chi connectivity index (χ2v) is 4.90. The molecule has 2 amide bonds. The Morgan fingerprint density at radius 1 is 1.47 bits per heavy atom. The van der Waals surface area contributed by atoms with Crippen LogP contribution in [0.5, 0.6) is 0 Å². The Kier molecular flexibility index (Phi) is 3.99. The predicted molar refractivity (Wildman–Crippen MR) is 62.2 cm³/mol. The summed E-state index contributed by atoms with van der Waals surface area (Å²) >= 11 is 0. The summed E-state index contributed by atoms with van der Waals surface area (Å²) in [5.41, 5.74) is 0. The molecule has 0 aromatic carbocycles. The van der Waals surface area contributed by atoms with E-state index in [-0.39, 0.29) is 30.4 Å². The SMILES string of the molecule is O=C1CC(C(=O)N2CCCCC2CCO)CN1. The predicted octanol–water partition coefficient (Wildman–Crippen LogP) is -0.114. The number of carbonyl (C=O) groups excluding carboxylic acids is 2. The van der Waals surface area contributed by atoms with Gasteiger partial charge in [-0.1, -0.05) is 0 Å².